The van der Waals surface area contributed by atoms with Crippen LogP contribution >= 0.6 is 0 Å². The molecule has 0 bridgehead atoms. The maximum Gasteiger partial charge on any atom is 0.0596 e. The Morgan fingerprint density at radius 1 is 0.800 bits per heavy atom. The van der Waals surface area contributed by atoms with Crippen LogP contribution in [0.5, 0.6) is 0 Å². The second-order valence-electron chi connectivity index (χ2n) is 9.15. The van der Waals surface area contributed by atoms with Crippen LogP contribution in [-0.4, -0.2) is 11.2 Å². The average Bonchev–Trinajstić information content (AvgIpc) is 2.36. The van der Waals surface area contributed by atoms with Crippen LogP contribution in [0.1, 0.15) is 79.6 Å². The Labute approximate surface area is 126 Å². The Morgan fingerprint density at radius 2 is 1.30 bits per heavy atom. The fourth-order valence-electron chi connectivity index (χ4n) is 5.00. The molecule has 2 rings (SSSR count). The van der Waals surface area contributed by atoms with Gasteiger partial charge in [-0.1, -0.05) is 34.6 Å². The van der Waals surface area contributed by atoms with Crippen molar-refractivity contribution >= 4 is 0 Å². The monoisotopic (exact) mass is 280 g/mol. The third-order valence-corrected chi connectivity index (χ3v) is 6.18. The molecule has 0 spiro atoms. The second kappa shape index (κ2) is 6.38. The minimum Gasteiger partial charge on any atom is -0.393 e. The van der Waals surface area contributed by atoms with E-state index in [1.165, 1.54) is 44.9 Å². The Bertz CT molecular complexity index is 285. The van der Waals surface area contributed by atoms with E-state index in [1.54, 1.807) is 0 Å². The summed E-state index contributed by atoms with van der Waals surface area (Å²) < 4.78 is 0. The van der Waals surface area contributed by atoms with E-state index in [0.29, 0.717) is 17.3 Å². The number of aliphatic hydroxyl groups is 1. The highest BCUT2D eigenvalue weighted by Gasteiger charge is 2.37. The Kier molecular flexibility index (Phi) is 5.21. The van der Waals surface area contributed by atoms with E-state index in [1.807, 2.05) is 0 Å². The minimum atomic E-state index is -0.0267. The quantitative estimate of drug-likeness (QED) is 0.730. The lowest BCUT2D eigenvalue weighted by Crippen LogP contribution is -2.37. The van der Waals surface area contributed by atoms with Gasteiger partial charge in [0.05, 0.1) is 6.10 Å². The summed E-state index contributed by atoms with van der Waals surface area (Å²) in [6.45, 7) is 11.9. The highest BCUT2D eigenvalue weighted by molar-refractivity contribution is 4.88. The smallest absolute Gasteiger partial charge is 0.0596 e. The topological polar surface area (TPSA) is 20.2 Å². The van der Waals surface area contributed by atoms with Crippen LogP contribution in [0, 0.1) is 35.0 Å². The first-order valence-electron chi connectivity index (χ1n) is 8.95. The summed E-state index contributed by atoms with van der Waals surface area (Å²) in [5.41, 5.74) is 0.448. The van der Waals surface area contributed by atoms with Crippen LogP contribution in [0.3, 0.4) is 0 Å². The first-order chi connectivity index (χ1) is 9.27. The lowest BCUT2D eigenvalue weighted by Gasteiger charge is -2.42. The molecule has 0 aliphatic heterocycles. The van der Waals surface area contributed by atoms with Gasteiger partial charge in [-0.3, -0.25) is 0 Å². The molecule has 0 amide bonds. The molecule has 0 saturated heterocycles. The molecule has 1 nitrogen and oxygen atoms in total. The summed E-state index contributed by atoms with van der Waals surface area (Å²) in [6.07, 6.45) is 8.99. The summed E-state index contributed by atoms with van der Waals surface area (Å²) in [5, 5.41) is 10.8. The third kappa shape index (κ3) is 4.00. The predicted molar refractivity (Wildman–Crippen MR) is 86.6 cm³/mol. The molecule has 0 aromatic heterocycles. The van der Waals surface area contributed by atoms with E-state index < -0.39 is 0 Å². The lowest BCUT2D eigenvalue weighted by molar-refractivity contribution is -0.0117. The average molecular weight is 280 g/mol. The van der Waals surface area contributed by atoms with Gasteiger partial charge >= 0.3 is 0 Å². The number of hydrogen-bond acceptors (Lipinski definition) is 1. The summed E-state index contributed by atoms with van der Waals surface area (Å²) in [5.74, 6) is 3.63. The highest BCUT2D eigenvalue weighted by atomic mass is 16.3. The highest BCUT2D eigenvalue weighted by Crippen LogP contribution is 2.44. The molecule has 2 aliphatic carbocycles. The van der Waals surface area contributed by atoms with Crippen LogP contribution in [0.25, 0.3) is 0 Å². The summed E-state index contributed by atoms with van der Waals surface area (Å²) in [6, 6.07) is 0. The van der Waals surface area contributed by atoms with Crippen molar-refractivity contribution in [2.45, 2.75) is 85.7 Å². The van der Waals surface area contributed by atoms with Gasteiger partial charge in [0.25, 0.3) is 0 Å². The molecule has 3 atom stereocenters. The minimum absolute atomic E-state index is 0.0267. The third-order valence-electron chi connectivity index (χ3n) is 6.18. The normalized spacial score (nSPS) is 41.4. The molecular formula is C19H36O. The first-order valence-corrected chi connectivity index (χ1v) is 8.95. The molecule has 2 saturated carbocycles. The maximum absolute atomic E-state index is 10.8. The van der Waals surface area contributed by atoms with Gasteiger partial charge in [0, 0.05) is 0 Å². The van der Waals surface area contributed by atoms with Crippen molar-refractivity contribution in [2.24, 2.45) is 35.0 Å². The van der Waals surface area contributed by atoms with Crippen LogP contribution in [-0.2, 0) is 0 Å². The molecule has 0 heterocycles. The standard InChI is InChI=1S/C19H36O/c1-13-10-14(2)12-16(11-13)18(20)15-6-8-17(9-7-15)19(3,4)5/h13-18,20H,6-12H2,1-5H3. The molecule has 118 valence electrons. The van der Waals surface area contributed by atoms with E-state index in [4.69, 9.17) is 0 Å². The van der Waals surface area contributed by atoms with Gasteiger partial charge < -0.3 is 5.11 Å². The summed E-state index contributed by atoms with van der Waals surface area (Å²) in [7, 11) is 0. The van der Waals surface area contributed by atoms with Gasteiger partial charge in [0.15, 0.2) is 0 Å². The molecule has 0 aromatic rings. The Balaban J connectivity index is 1.87. The SMILES string of the molecule is CC1CC(C)CC(C(O)C2CCC(C(C)(C)C)CC2)C1. The zero-order valence-corrected chi connectivity index (χ0v) is 14.4. The van der Waals surface area contributed by atoms with Crippen molar-refractivity contribution in [1.29, 1.82) is 0 Å². The molecule has 3 unspecified atom stereocenters. The largest absolute Gasteiger partial charge is 0.393 e. The van der Waals surface area contributed by atoms with Crippen molar-refractivity contribution in [3.8, 4) is 0 Å². The van der Waals surface area contributed by atoms with Crippen molar-refractivity contribution in [1.82, 2.24) is 0 Å². The van der Waals surface area contributed by atoms with Gasteiger partial charge in [-0.25, -0.2) is 0 Å². The zero-order valence-electron chi connectivity index (χ0n) is 14.4. The number of aliphatic hydroxyl groups excluding tert-OH is 1. The van der Waals surface area contributed by atoms with E-state index >= 15 is 0 Å². The fraction of sp³-hybridized carbons (Fsp3) is 1.00. The van der Waals surface area contributed by atoms with Gasteiger partial charge in [-0.05, 0) is 80.0 Å². The molecule has 0 radical (unpaired) electrons. The van der Waals surface area contributed by atoms with E-state index in [-0.39, 0.29) is 6.10 Å². The Hall–Kier alpha value is -0.0400. The number of hydrogen-bond donors (Lipinski definition) is 1. The molecule has 2 fully saturated rings. The van der Waals surface area contributed by atoms with Crippen LogP contribution in [0.4, 0.5) is 0 Å². The van der Waals surface area contributed by atoms with Gasteiger partial charge in [-0.15, -0.1) is 0 Å². The van der Waals surface area contributed by atoms with E-state index in [9.17, 15) is 5.11 Å². The van der Waals surface area contributed by atoms with Crippen LogP contribution < -0.4 is 0 Å². The first kappa shape index (κ1) is 16.3. The van der Waals surface area contributed by atoms with Gasteiger partial charge in [-0.2, -0.15) is 0 Å². The predicted octanol–water partition coefficient (Wildman–Crippen LogP) is 5.27. The Morgan fingerprint density at radius 3 is 1.75 bits per heavy atom. The van der Waals surface area contributed by atoms with E-state index in [0.717, 1.165) is 17.8 Å². The van der Waals surface area contributed by atoms with Gasteiger partial charge in [0.2, 0.25) is 0 Å². The lowest BCUT2D eigenvalue weighted by atomic mass is 9.65. The molecule has 0 aromatic carbocycles. The maximum atomic E-state index is 10.8. The van der Waals surface area contributed by atoms with E-state index in [2.05, 4.69) is 34.6 Å². The molecule has 1 heteroatoms. The molecule has 1 N–H and O–H groups in total. The summed E-state index contributed by atoms with van der Waals surface area (Å²) in [4.78, 5) is 0. The molecular weight excluding hydrogens is 244 g/mol. The second-order valence-corrected chi connectivity index (χ2v) is 9.15. The van der Waals surface area contributed by atoms with Gasteiger partial charge in [0.1, 0.15) is 0 Å². The van der Waals surface area contributed by atoms with Crippen molar-refractivity contribution < 1.29 is 5.11 Å². The molecule has 20 heavy (non-hydrogen) atoms. The van der Waals surface area contributed by atoms with Crippen molar-refractivity contribution in [2.75, 3.05) is 0 Å². The summed E-state index contributed by atoms with van der Waals surface area (Å²) >= 11 is 0. The van der Waals surface area contributed by atoms with Crippen LogP contribution in [0.2, 0.25) is 0 Å². The molecule has 2 aliphatic rings. The number of rotatable bonds is 2. The van der Waals surface area contributed by atoms with Crippen molar-refractivity contribution in [3.05, 3.63) is 0 Å². The van der Waals surface area contributed by atoms with Crippen molar-refractivity contribution in [3.63, 3.8) is 0 Å². The zero-order chi connectivity index (χ0) is 14.9. The fourth-order valence-corrected chi connectivity index (χ4v) is 5.00. The van der Waals surface area contributed by atoms with Crippen LogP contribution in [0.15, 0.2) is 0 Å².